The zero-order valence-electron chi connectivity index (χ0n) is 15.2. The highest BCUT2D eigenvalue weighted by molar-refractivity contribution is 5.96. The summed E-state index contributed by atoms with van der Waals surface area (Å²) >= 11 is 0. The van der Waals surface area contributed by atoms with Crippen molar-refractivity contribution < 1.29 is 4.79 Å². The van der Waals surface area contributed by atoms with Crippen LogP contribution in [0.2, 0.25) is 0 Å². The minimum atomic E-state index is -0.119. The number of fused-ring (bicyclic) bond motifs is 1. The number of anilines is 1. The standard InChI is InChI=1S/C18H24N6O/c1-10(2)16-23-15-13(5-7-20-18(15)25)17(24-16)19-8-6-14-21-11(3)9-12(4)22-14/h9-10H,5-8H2,1-4H3,(H,20,25)(H,19,23,24). The van der Waals surface area contributed by atoms with Gasteiger partial charge in [-0.05, 0) is 26.3 Å². The molecule has 1 amide bonds. The average molecular weight is 340 g/mol. The summed E-state index contributed by atoms with van der Waals surface area (Å²) in [6.45, 7) is 9.27. The highest BCUT2D eigenvalue weighted by Crippen LogP contribution is 2.23. The molecule has 25 heavy (non-hydrogen) atoms. The molecule has 0 aromatic carbocycles. The van der Waals surface area contributed by atoms with Gasteiger partial charge in [0.25, 0.3) is 5.91 Å². The lowest BCUT2D eigenvalue weighted by molar-refractivity contribution is 0.0940. The van der Waals surface area contributed by atoms with Crippen molar-refractivity contribution in [2.24, 2.45) is 0 Å². The van der Waals surface area contributed by atoms with Crippen LogP contribution in [-0.2, 0) is 12.8 Å². The van der Waals surface area contributed by atoms with Gasteiger partial charge in [-0.2, -0.15) is 0 Å². The van der Waals surface area contributed by atoms with E-state index in [0.29, 0.717) is 31.0 Å². The monoisotopic (exact) mass is 340 g/mol. The summed E-state index contributed by atoms with van der Waals surface area (Å²) in [6, 6.07) is 1.96. The molecule has 0 spiro atoms. The second kappa shape index (κ2) is 7.13. The summed E-state index contributed by atoms with van der Waals surface area (Å²) in [4.78, 5) is 30.2. The van der Waals surface area contributed by atoms with Crippen LogP contribution >= 0.6 is 0 Å². The van der Waals surface area contributed by atoms with Crippen LogP contribution < -0.4 is 10.6 Å². The Morgan fingerprint density at radius 2 is 1.88 bits per heavy atom. The van der Waals surface area contributed by atoms with E-state index >= 15 is 0 Å². The quantitative estimate of drug-likeness (QED) is 0.864. The highest BCUT2D eigenvalue weighted by atomic mass is 16.1. The number of aryl methyl sites for hydroxylation is 2. The van der Waals surface area contributed by atoms with E-state index in [-0.39, 0.29) is 11.8 Å². The van der Waals surface area contributed by atoms with Crippen LogP contribution in [0.4, 0.5) is 5.82 Å². The van der Waals surface area contributed by atoms with Crippen LogP contribution in [0.5, 0.6) is 0 Å². The maximum absolute atomic E-state index is 12.1. The van der Waals surface area contributed by atoms with Gasteiger partial charge < -0.3 is 10.6 Å². The number of rotatable bonds is 5. The SMILES string of the molecule is Cc1cc(C)nc(CCNc2nc(C(C)C)nc3c2CCNC3=O)n1. The minimum absolute atomic E-state index is 0.119. The van der Waals surface area contributed by atoms with E-state index in [1.807, 2.05) is 33.8 Å². The summed E-state index contributed by atoms with van der Waals surface area (Å²) < 4.78 is 0. The van der Waals surface area contributed by atoms with Gasteiger partial charge in [-0.15, -0.1) is 0 Å². The number of aromatic nitrogens is 4. The van der Waals surface area contributed by atoms with E-state index < -0.39 is 0 Å². The number of amides is 1. The van der Waals surface area contributed by atoms with Crippen LogP contribution in [0, 0.1) is 13.8 Å². The van der Waals surface area contributed by atoms with Crippen molar-refractivity contribution in [2.45, 2.75) is 46.5 Å². The molecular formula is C18H24N6O. The van der Waals surface area contributed by atoms with E-state index in [1.165, 1.54) is 0 Å². The summed E-state index contributed by atoms with van der Waals surface area (Å²) in [5.74, 6) is 2.29. The number of hydrogen-bond acceptors (Lipinski definition) is 6. The Hall–Kier alpha value is -2.57. The lowest BCUT2D eigenvalue weighted by Gasteiger charge is -2.20. The lowest BCUT2D eigenvalue weighted by Crippen LogP contribution is -2.34. The van der Waals surface area contributed by atoms with E-state index in [0.717, 1.165) is 35.0 Å². The van der Waals surface area contributed by atoms with Gasteiger partial charge in [0.2, 0.25) is 0 Å². The molecular weight excluding hydrogens is 316 g/mol. The molecule has 2 aromatic heterocycles. The zero-order chi connectivity index (χ0) is 18.0. The molecule has 3 rings (SSSR count). The molecule has 7 heteroatoms. The molecule has 132 valence electrons. The molecule has 7 nitrogen and oxygen atoms in total. The minimum Gasteiger partial charge on any atom is -0.369 e. The Bertz CT molecular complexity index is 782. The fourth-order valence-corrected chi connectivity index (χ4v) is 2.92. The van der Waals surface area contributed by atoms with Crippen LogP contribution in [0.3, 0.4) is 0 Å². The predicted octanol–water partition coefficient (Wildman–Crippen LogP) is 1.95. The molecule has 0 atom stereocenters. The topological polar surface area (TPSA) is 92.7 Å². The van der Waals surface area contributed by atoms with Gasteiger partial charge in [0, 0.05) is 42.4 Å². The second-order valence-electron chi connectivity index (χ2n) is 6.66. The van der Waals surface area contributed by atoms with Gasteiger partial charge in [0.15, 0.2) is 0 Å². The molecule has 0 radical (unpaired) electrons. The molecule has 0 bridgehead atoms. The summed E-state index contributed by atoms with van der Waals surface area (Å²) in [5, 5.41) is 6.21. The molecule has 0 fully saturated rings. The molecule has 0 saturated heterocycles. The lowest BCUT2D eigenvalue weighted by atomic mass is 10.1. The predicted molar refractivity (Wildman–Crippen MR) is 95.9 cm³/mol. The van der Waals surface area contributed by atoms with Crippen molar-refractivity contribution in [1.29, 1.82) is 0 Å². The third-order valence-corrected chi connectivity index (χ3v) is 4.09. The molecule has 3 heterocycles. The maximum Gasteiger partial charge on any atom is 0.270 e. The van der Waals surface area contributed by atoms with Gasteiger partial charge in [-0.1, -0.05) is 13.8 Å². The Morgan fingerprint density at radius 1 is 1.16 bits per heavy atom. The number of nitrogens with zero attached hydrogens (tertiary/aromatic N) is 4. The van der Waals surface area contributed by atoms with Crippen molar-refractivity contribution in [3.05, 3.63) is 40.4 Å². The Labute approximate surface area is 147 Å². The van der Waals surface area contributed by atoms with Crippen LogP contribution in [-0.4, -0.2) is 38.9 Å². The summed E-state index contributed by atoms with van der Waals surface area (Å²) in [7, 11) is 0. The van der Waals surface area contributed by atoms with Crippen molar-refractivity contribution in [3.8, 4) is 0 Å². The zero-order valence-corrected chi connectivity index (χ0v) is 15.2. The maximum atomic E-state index is 12.1. The number of hydrogen-bond donors (Lipinski definition) is 2. The van der Waals surface area contributed by atoms with E-state index in [9.17, 15) is 4.79 Å². The molecule has 2 N–H and O–H groups in total. The molecule has 1 aliphatic rings. The third kappa shape index (κ3) is 3.92. The third-order valence-electron chi connectivity index (χ3n) is 4.09. The van der Waals surface area contributed by atoms with Gasteiger partial charge in [-0.25, -0.2) is 19.9 Å². The smallest absolute Gasteiger partial charge is 0.270 e. The van der Waals surface area contributed by atoms with E-state index in [1.54, 1.807) is 0 Å². The Balaban J connectivity index is 1.80. The van der Waals surface area contributed by atoms with E-state index in [4.69, 9.17) is 0 Å². The summed E-state index contributed by atoms with van der Waals surface area (Å²) in [6.07, 6.45) is 1.44. The molecule has 1 aliphatic heterocycles. The Kier molecular flexibility index (Phi) is 4.92. The molecule has 0 aliphatic carbocycles. The van der Waals surface area contributed by atoms with Gasteiger partial charge in [0.1, 0.15) is 23.2 Å². The van der Waals surface area contributed by atoms with Crippen LogP contribution in [0.1, 0.15) is 58.9 Å². The summed E-state index contributed by atoms with van der Waals surface area (Å²) in [5.41, 5.74) is 3.34. The first-order valence-electron chi connectivity index (χ1n) is 8.68. The average Bonchev–Trinajstić information content (AvgIpc) is 2.54. The highest BCUT2D eigenvalue weighted by Gasteiger charge is 2.24. The van der Waals surface area contributed by atoms with Crippen molar-refractivity contribution >= 4 is 11.7 Å². The first-order chi connectivity index (χ1) is 11.9. The fraction of sp³-hybridized carbons (Fsp3) is 0.500. The second-order valence-corrected chi connectivity index (χ2v) is 6.66. The van der Waals surface area contributed by atoms with Crippen molar-refractivity contribution in [2.75, 3.05) is 18.4 Å². The van der Waals surface area contributed by atoms with Gasteiger partial charge in [-0.3, -0.25) is 4.79 Å². The van der Waals surface area contributed by atoms with Gasteiger partial charge >= 0.3 is 0 Å². The van der Waals surface area contributed by atoms with Crippen molar-refractivity contribution in [3.63, 3.8) is 0 Å². The van der Waals surface area contributed by atoms with Gasteiger partial charge in [0.05, 0.1) is 0 Å². The van der Waals surface area contributed by atoms with Crippen LogP contribution in [0.25, 0.3) is 0 Å². The largest absolute Gasteiger partial charge is 0.369 e. The fourth-order valence-electron chi connectivity index (χ4n) is 2.92. The normalized spacial score (nSPS) is 13.6. The Morgan fingerprint density at radius 3 is 2.56 bits per heavy atom. The first-order valence-corrected chi connectivity index (χ1v) is 8.68. The molecule has 0 unspecified atom stereocenters. The van der Waals surface area contributed by atoms with E-state index in [2.05, 4.69) is 30.6 Å². The first kappa shape index (κ1) is 17.3. The molecule has 0 saturated carbocycles. The number of carbonyl (C=O) groups is 1. The number of carbonyl (C=O) groups excluding carboxylic acids is 1. The van der Waals surface area contributed by atoms with Crippen LogP contribution in [0.15, 0.2) is 6.07 Å². The number of nitrogens with one attached hydrogen (secondary N) is 2. The van der Waals surface area contributed by atoms with Crippen molar-refractivity contribution in [1.82, 2.24) is 25.3 Å². The molecule has 2 aromatic rings.